The molecule has 180 valence electrons. The summed E-state index contributed by atoms with van der Waals surface area (Å²) >= 11 is 0. The molecular weight excluding hydrogens is 476 g/mol. The van der Waals surface area contributed by atoms with Crippen molar-refractivity contribution in [2.24, 2.45) is 0 Å². The Morgan fingerprint density at radius 3 is 2.24 bits per heavy atom. The fraction of sp³-hybridized carbons (Fsp3) is 0.0357. The maximum Gasteiger partial charge on any atom is 0.416 e. The summed E-state index contributed by atoms with van der Waals surface area (Å²) in [5, 5.41) is 11.1. The summed E-state index contributed by atoms with van der Waals surface area (Å²) in [6.45, 7) is 0.287. The highest BCUT2D eigenvalue weighted by molar-refractivity contribution is 6.31. The third-order valence-electron chi connectivity index (χ3n) is 6.48. The second-order valence-electron chi connectivity index (χ2n) is 8.64. The molecule has 3 heterocycles. The van der Waals surface area contributed by atoms with Crippen molar-refractivity contribution in [2.45, 2.75) is 6.61 Å². The first-order valence-electron chi connectivity index (χ1n) is 11.4. The molecule has 0 atom stereocenters. The molecule has 9 nitrogen and oxygen atoms in total. The van der Waals surface area contributed by atoms with E-state index >= 15 is 0 Å². The van der Waals surface area contributed by atoms with E-state index in [0.717, 1.165) is 10.1 Å². The van der Waals surface area contributed by atoms with Gasteiger partial charge in [-0.05, 0) is 29.8 Å². The molecule has 9 heteroatoms. The lowest BCUT2D eigenvalue weighted by atomic mass is 10.1. The lowest BCUT2D eigenvalue weighted by Gasteiger charge is -2.07. The molecule has 4 aromatic carbocycles. The molecule has 0 amide bonds. The van der Waals surface area contributed by atoms with E-state index in [1.807, 2.05) is 30.3 Å². The van der Waals surface area contributed by atoms with Crippen molar-refractivity contribution in [1.29, 1.82) is 0 Å². The number of H-pyrrole nitrogens is 1. The van der Waals surface area contributed by atoms with E-state index in [4.69, 9.17) is 13.6 Å². The van der Waals surface area contributed by atoms with Crippen molar-refractivity contribution in [1.82, 2.24) is 9.55 Å². The van der Waals surface area contributed by atoms with Crippen molar-refractivity contribution >= 4 is 61.0 Å². The third-order valence-corrected chi connectivity index (χ3v) is 6.48. The topological polar surface area (TPSA) is 128 Å². The van der Waals surface area contributed by atoms with E-state index in [1.165, 1.54) is 0 Å². The number of carbonyl (C=O) groups is 1. The largest absolute Gasteiger partial charge is 0.489 e. The Hall–Kier alpha value is -5.31. The van der Waals surface area contributed by atoms with Gasteiger partial charge in [-0.25, -0.2) is 9.36 Å². The Kier molecular flexibility index (Phi) is 4.31. The Labute approximate surface area is 205 Å². The first-order valence-corrected chi connectivity index (χ1v) is 11.4. The molecule has 0 saturated carbocycles. The van der Waals surface area contributed by atoms with Crippen molar-refractivity contribution < 1.29 is 23.5 Å². The quantitative estimate of drug-likeness (QED) is 0.308. The fourth-order valence-electron chi connectivity index (χ4n) is 4.93. The molecule has 7 aromatic rings. The van der Waals surface area contributed by atoms with Crippen LogP contribution in [0.5, 0.6) is 5.75 Å². The summed E-state index contributed by atoms with van der Waals surface area (Å²) in [7, 11) is 0. The van der Waals surface area contributed by atoms with Crippen molar-refractivity contribution in [3.63, 3.8) is 0 Å². The van der Waals surface area contributed by atoms with E-state index < -0.39 is 17.2 Å². The number of hydrogen-bond donors (Lipinski definition) is 2. The van der Waals surface area contributed by atoms with Gasteiger partial charge in [-0.1, -0.05) is 42.5 Å². The molecule has 0 aliphatic heterocycles. The van der Waals surface area contributed by atoms with Crippen molar-refractivity contribution in [2.75, 3.05) is 0 Å². The molecule has 37 heavy (non-hydrogen) atoms. The number of aromatic amines is 1. The first-order chi connectivity index (χ1) is 18.0. The zero-order valence-electron chi connectivity index (χ0n) is 19.0. The van der Waals surface area contributed by atoms with Crippen molar-refractivity contribution in [3.05, 3.63) is 99.1 Å². The Morgan fingerprint density at radius 1 is 0.838 bits per heavy atom. The van der Waals surface area contributed by atoms with E-state index in [-0.39, 0.29) is 45.0 Å². The predicted molar refractivity (Wildman–Crippen MR) is 138 cm³/mol. The number of para-hydroxylation sites is 2. The first kappa shape index (κ1) is 21.0. The predicted octanol–water partition coefficient (Wildman–Crippen LogP) is 5.59. The molecule has 0 saturated heterocycles. The lowest BCUT2D eigenvalue weighted by molar-refractivity contribution is 0.198. The summed E-state index contributed by atoms with van der Waals surface area (Å²) < 4.78 is 19.1. The van der Waals surface area contributed by atoms with Crippen molar-refractivity contribution in [3.8, 4) is 5.75 Å². The maximum atomic E-state index is 13.0. The van der Waals surface area contributed by atoms with Gasteiger partial charge in [-0.2, -0.15) is 0 Å². The average Bonchev–Trinajstić information content (AvgIpc) is 3.40. The minimum absolute atomic E-state index is 0.00425. The molecule has 3 aromatic heterocycles. The number of fused-ring (bicyclic) bond motifs is 9. The molecular formula is C28H16N2O7. The Balaban J connectivity index is 1.62. The van der Waals surface area contributed by atoms with Crippen LogP contribution in [0.2, 0.25) is 0 Å². The van der Waals surface area contributed by atoms with Crippen LogP contribution in [0.4, 0.5) is 4.79 Å². The second-order valence-corrected chi connectivity index (χ2v) is 8.64. The van der Waals surface area contributed by atoms with Gasteiger partial charge in [0.1, 0.15) is 17.9 Å². The van der Waals surface area contributed by atoms with Crippen LogP contribution in [0.25, 0.3) is 54.9 Å². The van der Waals surface area contributed by atoms with Gasteiger partial charge >= 0.3 is 6.09 Å². The highest BCUT2D eigenvalue weighted by atomic mass is 16.5. The van der Waals surface area contributed by atoms with Gasteiger partial charge in [-0.3, -0.25) is 14.6 Å². The molecule has 0 aliphatic carbocycles. The summed E-state index contributed by atoms with van der Waals surface area (Å²) in [6.07, 6.45) is -1.30. The smallest absolute Gasteiger partial charge is 0.416 e. The number of benzene rings is 4. The van der Waals surface area contributed by atoms with Crippen LogP contribution in [0, 0.1) is 0 Å². The Morgan fingerprint density at radius 2 is 1.51 bits per heavy atom. The third kappa shape index (κ3) is 3.00. The van der Waals surface area contributed by atoms with Crippen LogP contribution in [0.1, 0.15) is 5.56 Å². The molecule has 0 unspecified atom stereocenters. The standard InChI is InChI=1S/C28H16N2O7/c31-26-21-20-16-11-10-15(35-13-14-6-2-1-3-7-14)12-17(16)30(28(33)34)23(20)25-24(22(21)27(32)29-26)36-18-8-4-5-9-19(18)37-25/h1-12H,13H2,(H,33,34)(H,29,31,32). The lowest BCUT2D eigenvalue weighted by Crippen LogP contribution is -2.08. The molecule has 2 N–H and O–H groups in total. The minimum Gasteiger partial charge on any atom is -0.489 e. The molecule has 0 radical (unpaired) electrons. The van der Waals surface area contributed by atoms with Crippen LogP contribution in [0.15, 0.2) is 91.2 Å². The average molecular weight is 492 g/mol. The zero-order valence-corrected chi connectivity index (χ0v) is 19.0. The van der Waals surface area contributed by atoms with E-state index in [1.54, 1.807) is 42.5 Å². The molecule has 7 rings (SSSR count). The SMILES string of the molecule is O=C(O)n1c2cc(OCc3ccccc3)ccc2c2c3c(=O)[nH]c(=O)c3c3oc4ccccc4oc3c21. The second kappa shape index (κ2) is 7.59. The van der Waals surface area contributed by atoms with Gasteiger partial charge < -0.3 is 18.7 Å². The molecule has 0 fully saturated rings. The monoisotopic (exact) mass is 492 g/mol. The summed E-state index contributed by atoms with van der Waals surface area (Å²) in [6, 6.07) is 21.4. The number of rotatable bonds is 3. The Bertz CT molecular complexity index is 2160. The van der Waals surface area contributed by atoms with Crippen LogP contribution in [-0.4, -0.2) is 20.8 Å². The summed E-state index contributed by atoms with van der Waals surface area (Å²) in [5.41, 5.74) is 0.803. The van der Waals surface area contributed by atoms with Crippen LogP contribution < -0.4 is 15.9 Å². The number of ether oxygens (including phenoxy) is 1. The highest BCUT2D eigenvalue weighted by Gasteiger charge is 2.27. The molecule has 0 aliphatic rings. The highest BCUT2D eigenvalue weighted by Crippen LogP contribution is 2.41. The van der Waals surface area contributed by atoms with Gasteiger partial charge in [0.2, 0.25) is 0 Å². The van der Waals surface area contributed by atoms with Gasteiger partial charge in [0.15, 0.2) is 22.3 Å². The van der Waals surface area contributed by atoms with E-state index in [9.17, 15) is 19.5 Å². The number of carboxylic acid groups (broad SMARTS) is 1. The molecule has 0 bridgehead atoms. The van der Waals surface area contributed by atoms with Crippen LogP contribution in [-0.2, 0) is 6.61 Å². The molecule has 0 spiro atoms. The van der Waals surface area contributed by atoms with E-state index in [0.29, 0.717) is 22.3 Å². The van der Waals surface area contributed by atoms with Gasteiger partial charge in [0.05, 0.1) is 16.3 Å². The maximum absolute atomic E-state index is 13.0. The van der Waals surface area contributed by atoms with Crippen LogP contribution in [0.3, 0.4) is 0 Å². The summed E-state index contributed by atoms with van der Waals surface area (Å²) in [5.74, 6) is 0.440. The summed E-state index contributed by atoms with van der Waals surface area (Å²) in [4.78, 5) is 40.7. The number of hydrogen-bond acceptors (Lipinski definition) is 6. The number of nitrogens with one attached hydrogen (secondary N) is 1. The zero-order chi connectivity index (χ0) is 25.3. The normalized spacial score (nSPS) is 11.8. The fourth-order valence-corrected chi connectivity index (χ4v) is 4.93. The minimum atomic E-state index is -1.30. The van der Waals surface area contributed by atoms with Gasteiger partial charge in [0, 0.05) is 16.8 Å². The number of aromatic nitrogens is 2. The van der Waals surface area contributed by atoms with Crippen LogP contribution >= 0.6 is 0 Å². The van der Waals surface area contributed by atoms with E-state index in [2.05, 4.69) is 4.98 Å². The number of nitrogens with zero attached hydrogens (tertiary/aromatic N) is 1. The van der Waals surface area contributed by atoms with Gasteiger partial charge in [0.25, 0.3) is 11.1 Å². The van der Waals surface area contributed by atoms with Gasteiger partial charge in [-0.15, -0.1) is 0 Å².